The highest BCUT2D eigenvalue weighted by molar-refractivity contribution is 5.75. The second kappa shape index (κ2) is 6.73. The number of carbonyl (C=O) groups excluding carboxylic acids is 1. The van der Waals surface area contributed by atoms with Crippen molar-refractivity contribution in [2.75, 3.05) is 55.0 Å². The molecule has 1 heterocycles. The first-order valence-electron chi connectivity index (χ1n) is 8.00. The summed E-state index contributed by atoms with van der Waals surface area (Å²) in [6.07, 6.45) is 0.888. The standard InChI is InChI=1S/C19H23N3O/c1-20(2)18-4-3-5-19(14-18)22-12-10-21(11-13-22)17-8-6-16(15-23)7-9-17/h3-9,14-15H,10-13H2,1-2H3. The lowest BCUT2D eigenvalue weighted by molar-refractivity contribution is 0.112. The van der Waals surface area contributed by atoms with Gasteiger partial charge in [0.1, 0.15) is 6.29 Å². The molecule has 23 heavy (non-hydrogen) atoms. The van der Waals surface area contributed by atoms with Gasteiger partial charge in [-0.3, -0.25) is 4.79 Å². The number of rotatable bonds is 4. The first-order valence-corrected chi connectivity index (χ1v) is 8.00. The second-order valence-electron chi connectivity index (χ2n) is 6.10. The minimum atomic E-state index is 0.730. The van der Waals surface area contributed by atoms with Crippen LogP contribution in [0.3, 0.4) is 0 Å². The van der Waals surface area contributed by atoms with Crippen LogP contribution >= 0.6 is 0 Å². The van der Waals surface area contributed by atoms with Crippen LogP contribution in [0.2, 0.25) is 0 Å². The monoisotopic (exact) mass is 309 g/mol. The van der Waals surface area contributed by atoms with Crippen LogP contribution in [0.1, 0.15) is 10.4 Å². The van der Waals surface area contributed by atoms with Gasteiger partial charge in [0.2, 0.25) is 0 Å². The normalized spacial score (nSPS) is 14.7. The maximum Gasteiger partial charge on any atom is 0.150 e. The van der Waals surface area contributed by atoms with Gasteiger partial charge in [-0.15, -0.1) is 0 Å². The van der Waals surface area contributed by atoms with Gasteiger partial charge in [-0.2, -0.15) is 0 Å². The van der Waals surface area contributed by atoms with Gasteiger partial charge in [0.05, 0.1) is 0 Å². The summed E-state index contributed by atoms with van der Waals surface area (Å²) < 4.78 is 0. The molecule has 0 amide bonds. The molecule has 4 heteroatoms. The SMILES string of the molecule is CN(C)c1cccc(N2CCN(c3ccc(C=O)cc3)CC2)c1. The number of benzene rings is 2. The summed E-state index contributed by atoms with van der Waals surface area (Å²) >= 11 is 0. The number of hydrogen-bond donors (Lipinski definition) is 0. The van der Waals surface area contributed by atoms with Crippen molar-refractivity contribution in [2.45, 2.75) is 0 Å². The predicted octanol–water partition coefficient (Wildman–Crippen LogP) is 2.89. The summed E-state index contributed by atoms with van der Waals surface area (Å²) in [5.41, 5.74) is 4.44. The van der Waals surface area contributed by atoms with Crippen LogP contribution in [-0.2, 0) is 0 Å². The lowest BCUT2D eigenvalue weighted by Gasteiger charge is -2.37. The average Bonchev–Trinajstić information content (AvgIpc) is 2.62. The predicted molar refractivity (Wildman–Crippen MR) is 97.0 cm³/mol. The van der Waals surface area contributed by atoms with E-state index in [1.54, 1.807) is 0 Å². The molecular weight excluding hydrogens is 286 g/mol. The molecule has 4 nitrogen and oxygen atoms in total. The zero-order valence-corrected chi connectivity index (χ0v) is 13.8. The summed E-state index contributed by atoms with van der Waals surface area (Å²) in [7, 11) is 4.14. The van der Waals surface area contributed by atoms with Gasteiger partial charge < -0.3 is 14.7 Å². The molecule has 2 aromatic rings. The van der Waals surface area contributed by atoms with E-state index in [0.717, 1.165) is 38.0 Å². The molecule has 1 saturated heterocycles. The van der Waals surface area contributed by atoms with Gasteiger partial charge in [-0.1, -0.05) is 6.07 Å². The van der Waals surface area contributed by atoms with Crippen molar-refractivity contribution in [1.29, 1.82) is 0 Å². The maximum atomic E-state index is 10.7. The molecule has 1 fully saturated rings. The van der Waals surface area contributed by atoms with Crippen LogP contribution in [0.5, 0.6) is 0 Å². The molecule has 0 aromatic heterocycles. The molecule has 3 rings (SSSR count). The third kappa shape index (κ3) is 3.47. The largest absolute Gasteiger partial charge is 0.378 e. The highest BCUT2D eigenvalue weighted by Gasteiger charge is 2.17. The number of piperazine rings is 1. The van der Waals surface area contributed by atoms with Crippen molar-refractivity contribution >= 4 is 23.3 Å². The Morgan fingerprint density at radius 2 is 1.48 bits per heavy atom. The van der Waals surface area contributed by atoms with Crippen LogP contribution < -0.4 is 14.7 Å². The van der Waals surface area contributed by atoms with E-state index in [2.05, 4.69) is 53.1 Å². The summed E-state index contributed by atoms with van der Waals surface area (Å²) in [4.78, 5) is 17.7. The third-order valence-electron chi connectivity index (χ3n) is 4.39. The van der Waals surface area contributed by atoms with E-state index in [9.17, 15) is 4.79 Å². The van der Waals surface area contributed by atoms with Crippen LogP contribution in [0.4, 0.5) is 17.1 Å². The van der Waals surface area contributed by atoms with Crippen LogP contribution in [0, 0.1) is 0 Å². The molecule has 1 aliphatic heterocycles. The van der Waals surface area contributed by atoms with Gasteiger partial charge in [0.15, 0.2) is 0 Å². The number of aldehydes is 1. The summed E-state index contributed by atoms with van der Waals surface area (Å²) in [6, 6.07) is 16.5. The Labute approximate surface area is 137 Å². The molecular formula is C19H23N3O. The first kappa shape index (κ1) is 15.4. The van der Waals surface area contributed by atoms with Gasteiger partial charge in [0, 0.05) is 62.9 Å². The fourth-order valence-electron chi connectivity index (χ4n) is 2.95. The highest BCUT2D eigenvalue weighted by Crippen LogP contribution is 2.24. The topological polar surface area (TPSA) is 26.8 Å². The molecule has 0 radical (unpaired) electrons. The lowest BCUT2D eigenvalue weighted by Crippen LogP contribution is -2.46. The number of hydrogen-bond acceptors (Lipinski definition) is 4. The van der Waals surface area contributed by atoms with Crippen molar-refractivity contribution in [3.63, 3.8) is 0 Å². The lowest BCUT2D eigenvalue weighted by atomic mass is 10.2. The minimum absolute atomic E-state index is 0.730. The van der Waals surface area contributed by atoms with E-state index in [0.29, 0.717) is 0 Å². The Kier molecular flexibility index (Phi) is 4.51. The Hall–Kier alpha value is -2.49. The van der Waals surface area contributed by atoms with Crippen molar-refractivity contribution in [1.82, 2.24) is 0 Å². The van der Waals surface area contributed by atoms with Gasteiger partial charge in [-0.05, 0) is 42.5 Å². The van der Waals surface area contributed by atoms with E-state index < -0.39 is 0 Å². The average molecular weight is 309 g/mol. The molecule has 0 saturated carbocycles. The molecule has 0 unspecified atom stereocenters. The third-order valence-corrected chi connectivity index (χ3v) is 4.39. The number of anilines is 3. The zero-order chi connectivity index (χ0) is 16.2. The Morgan fingerprint density at radius 1 is 0.870 bits per heavy atom. The molecule has 1 aliphatic rings. The Morgan fingerprint density at radius 3 is 2.04 bits per heavy atom. The van der Waals surface area contributed by atoms with E-state index in [4.69, 9.17) is 0 Å². The smallest absolute Gasteiger partial charge is 0.150 e. The van der Waals surface area contributed by atoms with Gasteiger partial charge in [0.25, 0.3) is 0 Å². The second-order valence-corrected chi connectivity index (χ2v) is 6.10. The molecule has 0 atom stereocenters. The van der Waals surface area contributed by atoms with Crippen molar-refractivity contribution in [2.24, 2.45) is 0 Å². The molecule has 120 valence electrons. The van der Waals surface area contributed by atoms with E-state index in [1.807, 2.05) is 24.3 Å². The van der Waals surface area contributed by atoms with Crippen LogP contribution in [-0.4, -0.2) is 46.6 Å². The fourth-order valence-corrected chi connectivity index (χ4v) is 2.95. The molecule has 0 spiro atoms. The zero-order valence-electron chi connectivity index (χ0n) is 13.8. The molecule has 0 aliphatic carbocycles. The Balaban J connectivity index is 1.65. The van der Waals surface area contributed by atoms with Crippen LogP contribution in [0.25, 0.3) is 0 Å². The van der Waals surface area contributed by atoms with E-state index >= 15 is 0 Å². The van der Waals surface area contributed by atoms with Crippen molar-refractivity contribution < 1.29 is 4.79 Å². The molecule has 2 aromatic carbocycles. The minimum Gasteiger partial charge on any atom is -0.378 e. The Bertz CT molecular complexity index is 659. The van der Waals surface area contributed by atoms with Crippen molar-refractivity contribution in [3.05, 3.63) is 54.1 Å². The molecule has 0 N–H and O–H groups in total. The maximum absolute atomic E-state index is 10.7. The highest BCUT2D eigenvalue weighted by atomic mass is 16.1. The number of carbonyl (C=O) groups is 1. The number of nitrogens with zero attached hydrogens (tertiary/aromatic N) is 3. The first-order chi connectivity index (χ1) is 11.2. The molecule has 0 bridgehead atoms. The summed E-state index contributed by atoms with van der Waals surface area (Å²) in [5.74, 6) is 0. The summed E-state index contributed by atoms with van der Waals surface area (Å²) in [5, 5.41) is 0. The van der Waals surface area contributed by atoms with Crippen LogP contribution in [0.15, 0.2) is 48.5 Å². The van der Waals surface area contributed by atoms with Crippen molar-refractivity contribution in [3.8, 4) is 0 Å². The summed E-state index contributed by atoms with van der Waals surface area (Å²) in [6.45, 7) is 4.00. The fraction of sp³-hybridized carbons (Fsp3) is 0.316. The van der Waals surface area contributed by atoms with Gasteiger partial charge >= 0.3 is 0 Å². The quantitative estimate of drug-likeness (QED) is 0.812. The van der Waals surface area contributed by atoms with Gasteiger partial charge in [-0.25, -0.2) is 0 Å². The van der Waals surface area contributed by atoms with E-state index in [1.165, 1.54) is 17.1 Å². The van der Waals surface area contributed by atoms with E-state index in [-0.39, 0.29) is 0 Å².